The van der Waals surface area contributed by atoms with Gasteiger partial charge in [-0.1, -0.05) is 30.3 Å². The first-order chi connectivity index (χ1) is 14.2. The summed E-state index contributed by atoms with van der Waals surface area (Å²) >= 11 is 1.34. The molecule has 0 saturated heterocycles. The molecule has 5 nitrogen and oxygen atoms in total. The van der Waals surface area contributed by atoms with E-state index in [1.807, 2.05) is 11.4 Å². The molecule has 2 heterocycles. The highest BCUT2D eigenvalue weighted by Gasteiger charge is 2.16. The predicted molar refractivity (Wildman–Crippen MR) is 115 cm³/mol. The number of hydrogen-bond acceptors (Lipinski definition) is 5. The van der Waals surface area contributed by atoms with Gasteiger partial charge in [-0.25, -0.2) is 9.78 Å². The molecule has 0 radical (unpaired) electrons. The quantitative estimate of drug-likeness (QED) is 0.487. The van der Waals surface area contributed by atoms with Crippen LogP contribution < -0.4 is 10.9 Å². The fraction of sp³-hybridized carbons (Fsp3) is 0.174. The van der Waals surface area contributed by atoms with Crippen LogP contribution in [0.2, 0.25) is 0 Å². The Hall–Kier alpha value is -3.25. The number of para-hydroxylation sites is 1. The van der Waals surface area contributed by atoms with E-state index in [0.29, 0.717) is 16.1 Å². The highest BCUT2D eigenvalue weighted by atomic mass is 32.1. The van der Waals surface area contributed by atoms with Crippen LogP contribution >= 0.6 is 11.3 Å². The summed E-state index contributed by atoms with van der Waals surface area (Å²) in [4.78, 5) is 29.3. The predicted octanol–water partition coefficient (Wildman–Crippen LogP) is 5.05. The summed E-state index contributed by atoms with van der Waals surface area (Å²) in [6.07, 6.45) is 4.72. The molecule has 0 bridgehead atoms. The molecule has 1 aliphatic rings. The fourth-order valence-corrected chi connectivity index (χ4v) is 4.46. The monoisotopic (exact) mass is 402 g/mol. The lowest BCUT2D eigenvalue weighted by Crippen LogP contribution is -2.20. The van der Waals surface area contributed by atoms with E-state index in [0.717, 1.165) is 24.1 Å². The zero-order chi connectivity index (χ0) is 19.8. The number of carbonyl (C=O) groups is 1. The van der Waals surface area contributed by atoms with E-state index in [9.17, 15) is 9.59 Å². The van der Waals surface area contributed by atoms with E-state index in [4.69, 9.17) is 4.42 Å². The molecule has 29 heavy (non-hydrogen) atoms. The number of benzene rings is 2. The minimum absolute atomic E-state index is 0.0331. The lowest BCUT2D eigenvalue weighted by molar-refractivity contribution is 0.102. The van der Waals surface area contributed by atoms with E-state index in [1.54, 1.807) is 24.3 Å². The molecule has 6 heteroatoms. The van der Waals surface area contributed by atoms with Crippen LogP contribution in [0.15, 0.2) is 63.1 Å². The normalized spacial score (nSPS) is 13.2. The molecule has 144 valence electrons. The molecular weight excluding hydrogens is 384 g/mol. The molecule has 0 fully saturated rings. The third kappa shape index (κ3) is 3.47. The molecular formula is C23H18N2O3S. The largest absolute Gasteiger partial charge is 0.422 e. The second kappa shape index (κ2) is 7.29. The Morgan fingerprint density at radius 2 is 1.86 bits per heavy atom. The molecule has 1 amide bonds. The number of aryl methyl sites for hydroxylation is 2. The van der Waals surface area contributed by atoms with Crippen molar-refractivity contribution in [3.63, 3.8) is 0 Å². The van der Waals surface area contributed by atoms with Crippen molar-refractivity contribution in [3.05, 3.63) is 81.0 Å². The number of nitrogens with zero attached hydrogens (tertiary/aromatic N) is 1. The minimum Gasteiger partial charge on any atom is -0.422 e. The zero-order valence-corrected chi connectivity index (χ0v) is 16.4. The van der Waals surface area contributed by atoms with Crippen molar-refractivity contribution in [2.24, 2.45) is 0 Å². The molecule has 1 aliphatic carbocycles. The molecule has 2 aromatic carbocycles. The van der Waals surface area contributed by atoms with Crippen LogP contribution in [0.1, 0.15) is 34.3 Å². The topological polar surface area (TPSA) is 72.2 Å². The number of fused-ring (bicyclic) bond motifs is 2. The molecule has 0 aliphatic heterocycles. The van der Waals surface area contributed by atoms with E-state index >= 15 is 0 Å². The number of hydrogen-bond donors (Lipinski definition) is 1. The van der Waals surface area contributed by atoms with Gasteiger partial charge >= 0.3 is 5.63 Å². The van der Waals surface area contributed by atoms with Crippen LogP contribution in [0.25, 0.3) is 22.2 Å². The van der Waals surface area contributed by atoms with Gasteiger partial charge in [0.1, 0.15) is 11.1 Å². The number of amides is 1. The van der Waals surface area contributed by atoms with Gasteiger partial charge in [0, 0.05) is 16.3 Å². The number of rotatable bonds is 3. The molecule has 2 aromatic heterocycles. The summed E-state index contributed by atoms with van der Waals surface area (Å²) in [7, 11) is 0. The molecule has 0 atom stereocenters. The Kier molecular flexibility index (Phi) is 4.48. The van der Waals surface area contributed by atoms with Crippen molar-refractivity contribution in [2.75, 3.05) is 5.32 Å². The maximum Gasteiger partial charge on any atom is 0.349 e. The molecule has 4 aromatic rings. The van der Waals surface area contributed by atoms with Gasteiger partial charge in [0.05, 0.1) is 5.69 Å². The summed E-state index contributed by atoms with van der Waals surface area (Å²) in [5.41, 5.74) is 4.45. The summed E-state index contributed by atoms with van der Waals surface area (Å²) in [5.74, 6) is -0.518. The van der Waals surface area contributed by atoms with Gasteiger partial charge in [-0.3, -0.25) is 10.1 Å². The number of aromatic nitrogens is 1. The number of carbonyl (C=O) groups excluding carboxylic acids is 1. The highest BCUT2D eigenvalue weighted by molar-refractivity contribution is 7.14. The van der Waals surface area contributed by atoms with Crippen molar-refractivity contribution >= 4 is 33.3 Å². The summed E-state index contributed by atoms with van der Waals surface area (Å²) in [5, 5.41) is 5.80. The minimum atomic E-state index is -0.660. The summed E-state index contributed by atoms with van der Waals surface area (Å²) < 4.78 is 5.25. The molecule has 5 rings (SSSR count). The van der Waals surface area contributed by atoms with E-state index in [1.165, 1.54) is 35.3 Å². The SMILES string of the molecule is O=C(Nc1nc(-c2ccc3c(c2)CCCC3)cs1)c1cc2ccccc2oc1=O. The van der Waals surface area contributed by atoms with E-state index < -0.39 is 11.5 Å². The van der Waals surface area contributed by atoms with Gasteiger partial charge in [0.25, 0.3) is 5.91 Å². The second-order valence-corrected chi connectivity index (χ2v) is 8.03. The number of thiazole rings is 1. The van der Waals surface area contributed by atoms with Crippen molar-refractivity contribution < 1.29 is 9.21 Å². The van der Waals surface area contributed by atoms with E-state index in [-0.39, 0.29) is 5.56 Å². The van der Waals surface area contributed by atoms with Gasteiger partial charge in [-0.15, -0.1) is 11.3 Å². The van der Waals surface area contributed by atoms with Crippen molar-refractivity contribution in [3.8, 4) is 11.3 Å². The van der Waals surface area contributed by atoms with Crippen LogP contribution in [0, 0.1) is 0 Å². The lowest BCUT2D eigenvalue weighted by atomic mass is 9.90. The second-order valence-electron chi connectivity index (χ2n) is 7.17. The molecule has 0 saturated carbocycles. The number of anilines is 1. The third-order valence-corrected chi connectivity index (χ3v) is 6.01. The third-order valence-electron chi connectivity index (χ3n) is 5.25. The zero-order valence-electron chi connectivity index (χ0n) is 15.6. The van der Waals surface area contributed by atoms with Crippen LogP contribution in [-0.2, 0) is 12.8 Å². The van der Waals surface area contributed by atoms with Crippen LogP contribution in [0.4, 0.5) is 5.13 Å². The van der Waals surface area contributed by atoms with Crippen molar-refractivity contribution in [2.45, 2.75) is 25.7 Å². The first-order valence-electron chi connectivity index (χ1n) is 9.59. The van der Waals surface area contributed by atoms with Crippen LogP contribution in [-0.4, -0.2) is 10.9 Å². The van der Waals surface area contributed by atoms with E-state index in [2.05, 4.69) is 28.5 Å². The van der Waals surface area contributed by atoms with Gasteiger partial charge in [-0.05, 0) is 55.0 Å². The fourth-order valence-electron chi connectivity index (χ4n) is 3.74. The van der Waals surface area contributed by atoms with Crippen LogP contribution in [0.5, 0.6) is 0 Å². The Morgan fingerprint density at radius 1 is 1.03 bits per heavy atom. The van der Waals surface area contributed by atoms with Gasteiger partial charge in [-0.2, -0.15) is 0 Å². The highest BCUT2D eigenvalue weighted by Crippen LogP contribution is 2.29. The van der Waals surface area contributed by atoms with Gasteiger partial charge in [0.15, 0.2) is 5.13 Å². The smallest absolute Gasteiger partial charge is 0.349 e. The standard InChI is InChI=1S/C23H18N2O3S/c26-21(18-12-17-7-3-4-8-20(17)28-22(18)27)25-23-24-19(13-29-23)16-10-9-14-5-1-2-6-15(14)11-16/h3-4,7-13H,1-2,5-6H2,(H,24,25,26). The summed E-state index contributed by atoms with van der Waals surface area (Å²) in [6, 6.07) is 15.1. The molecule has 0 spiro atoms. The average molecular weight is 402 g/mol. The first kappa shape index (κ1) is 17.8. The van der Waals surface area contributed by atoms with Gasteiger partial charge in [0.2, 0.25) is 0 Å². The average Bonchev–Trinajstić information content (AvgIpc) is 3.21. The Balaban J connectivity index is 1.39. The van der Waals surface area contributed by atoms with Gasteiger partial charge < -0.3 is 4.42 Å². The maximum absolute atomic E-state index is 12.6. The lowest BCUT2D eigenvalue weighted by Gasteiger charge is -2.16. The Bertz CT molecular complexity index is 1290. The maximum atomic E-state index is 12.6. The van der Waals surface area contributed by atoms with Crippen molar-refractivity contribution in [1.29, 1.82) is 0 Å². The Morgan fingerprint density at radius 3 is 2.76 bits per heavy atom. The molecule has 0 unspecified atom stereocenters. The molecule has 1 N–H and O–H groups in total. The Labute approximate surface area is 171 Å². The van der Waals surface area contributed by atoms with Crippen LogP contribution in [0.3, 0.4) is 0 Å². The van der Waals surface area contributed by atoms with Crippen molar-refractivity contribution in [1.82, 2.24) is 4.98 Å². The summed E-state index contributed by atoms with van der Waals surface area (Å²) in [6.45, 7) is 0. The first-order valence-corrected chi connectivity index (χ1v) is 10.5. The number of nitrogens with one attached hydrogen (secondary N) is 1.